The van der Waals surface area contributed by atoms with Crippen LogP contribution in [0.1, 0.15) is 44.8 Å². The molecule has 0 unspecified atom stereocenters. The van der Waals surface area contributed by atoms with Crippen molar-refractivity contribution in [2.75, 3.05) is 26.8 Å². The molecule has 0 aliphatic carbocycles. The van der Waals surface area contributed by atoms with Gasteiger partial charge in [0.05, 0.1) is 26.0 Å². The van der Waals surface area contributed by atoms with Crippen LogP contribution in [0, 0.1) is 6.92 Å². The van der Waals surface area contributed by atoms with Gasteiger partial charge in [-0.15, -0.1) is 0 Å². The summed E-state index contributed by atoms with van der Waals surface area (Å²) < 4.78 is 11.5. The van der Waals surface area contributed by atoms with Crippen LogP contribution in [0.2, 0.25) is 0 Å². The molecule has 0 radical (unpaired) electrons. The SMILES string of the molecule is COc1ccc(C(=O)N2[C@@H](C(=O)NCc3ccccn3)COC23CCN(C(=O)c2cccc(C)c2)CC3)cc1. The number of ether oxygens (including phenoxy) is 2. The lowest BCUT2D eigenvalue weighted by atomic mass is 9.96. The highest BCUT2D eigenvalue weighted by molar-refractivity contribution is 5.99. The zero-order chi connectivity index (χ0) is 27.4. The smallest absolute Gasteiger partial charge is 0.256 e. The van der Waals surface area contributed by atoms with Crippen molar-refractivity contribution in [3.8, 4) is 5.75 Å². The molecule has 1 aromatic heterocycles. The minimum Gasteiger partial charge on any atom is -0.497 e. The molecule has 1 spiro atoms. The number of aryl methyl sites for hydroxylation is 1. The van der Waals surface area contributed by atoms with Gasteiger partial charge in [-0.3, -0.25) is 24.3 Å². The van der Waals surface area contributed by atoms with E-state index in [0.29, 0.717) is 42.8 Å². The van der Waals surface area contributed by atoms with Gasteiger partial charge in [0.2, 0.25) is 5.91 Å². The maximum absolute atomic E-state index is 13.9. The molecule has 2 aliphatic heterocycles. The number of amides is 3. The van der Waals surface area contributed by atoms with Crippen LogP contribution in [0.3, 0.4) is 0 Å². The second-order valence-corrected chi connectivity index (χ2v) is 9.88. The Morgan fingerprint density at radius 2 is 1.77 bits per heavy atom. The van der Waals surface area contributed by atoms with E-state index in [9.17, 15) is 14.4 Å². The summed E-state index contributed by atoms with van der Waals surface area (Å²) in [5, 5.41) is 2.91. The number of benzene rings is 2. The predicted molar refractivity (Wildman–Crippen MR) is 144 cm³/mol. The molecule has 2 aromatic carbocycles. The number of carbonyl (C=O) groups excluding carboxylic acids is 3. The Labute approximate surface area is 227 Å². The Morgan fingerprint density at radius 3 is 2.44 bits per heavy atom. The van der Waals surface area contributed by atoms with Crippen LogP contribution in [0.5, 0.6) is 5.75 Å². The number of piperidine rings is 1. The Hall–Kier alpha value is -4.24. The van der Waals surface area contributed by atoms with Gasteiger partial charge >= 0.3 is 0 Å². The average Bonchev–Trinajstić information content (AvgIpc) is 3.34. The van der Waals surface area contributed by atoms with Crippen molar-refractivity contribution < 1.29 is 23.9 Å². The van der Waals surface area contributed by atoms with E-state index in [1.807, 2.05) is 49.4 Å². The van der Waals surface area contributed by atoms with Gasteiger partial charge < -0.3 is 19.7 Å². The lowest BCUT2D eigenvalue weighted by Gasteiger charge is -2.44. The average molecular weight is 529 g/mol. The summed E-state index contributed by atoms with van der Waals surface area (Å²) >= 11 is 0. The van der Waals surface area contributed by atoms with Crippen LogP contribution in [0.4, 0.5) is 0 Å². The van der Waals surface area contributed by atoms with E-state index in [1.54, 1.807) is 47.4 Å². The number of nitrogens with zero attached hydrogens (tertiary/aromatic N) is 3. The van der Waals surface area contributed by atoms with Crippen molar-refractivity contribution in [2.24, 2.45) is 0 Å². The lowest BCUT2D eigenvalue weighted by Crippen LogP contribution is -2.59. The van der Waals surface area contributed by atoms with Crippen LogP contribution in [-0.2, 0) is 16.1 Å². The summed E-state index contributed by atoms with van der Waals surface area (Å²) in [6, 6.07) is 19.0. The van der Waals surface area contributed by atoms with Crippen LogP contribution in [0.15, 0.2) is 72.9 Å². The molecule has 0 bridgehead atoms. The summed E-state index contributed by atoms with van der Waals surface area (Å²) in [6.45, 7) is 3.08. The van der Waals surface area contributed by atoms with Crippen molar-refractivity contribution in [3.05, 3.63) is 95.3 Å². The normalized spacial score (nSPS) is 18.2. The lowest BCUT2D eigenvalue weighted by molar-refractivity contribution is -0.128. The minimum absolute atomic E-state index is 0.0516. The maximum Gasteiger partial charge on any atom is 0.256 e. The van der Waals surface area contributed by atoms with Crippen LogP contribution in [0.25, 0.3) is 0 Å². The summed E-state index contributed by atoms with van der Waals surface area (Å²) in [5.74, 6) is -0.0277. The zero-order valence-corrected chi connectivity index (χ0v) is 22.1. The number of carbonyl (C=O) groups is 3. The first-order valence-electron chi connectivity index (χ1n) is 13.1. The first-order chi connectivity index (χ1) is 18.9. The van der Waals surface area contributed by atoms with Gasteiger partial charge in [0, 0.05) is 43.3 Å². The van der Waals surface area contributed by atoms with E-state index in [-0.39, 0.29) is 30.9 Å². The van der Waals surface area contributed by atoms with Crippen molar-refractivity contribution in [3.63, 3.8) is 0 Å². The molecule has 1 N–H and O–H groups in total. The van der Waals surface area contributed by atoms with Crippen molar-refractivity contribution in [2.45, 2.75) is 38.1 Å². The van der Waals surface area contributed by atoms with Gasteiger partial charge in [-0.1, -0.05) is 23.8 Å². The maximum atomic E-state index is 13.9. The highest BCUT2D eigenvalue weighted by Gasteiger charge is 2.54. The largest absolute Gasteiger partial charge is 0.497 e. The van der Waals surface area contributed by atoms with E-state index in [1.165, 1.54) is 0 Å². The molecule has 2 saturated heterocycles. The molecule has 2 fully saturated rings. The predicted octanol–water partition coefficient (Wildman–Crippen LogP) is 3.19. The van der Waals surface area contributed by atoms with Gasteiger partial charge in [0.25, 0.3) is 11.8 Å². The number of hydrogen-bond donors (Lipinski definition) is 1. The number of nitrogens with one attached hydrogen (secondary N) is 1. The molecule has 202 valence electrons. The fourth-order valence-electron chi connectivity index (χ4n) is 5.26. The van der Waals surface area contributed by atoms with Crippen LogP contribution >= 0.6 is 0 Å². The third-order valence-electron chi connectivity index (χ3n) is 7.39. The molecule has 39 heavy (non-hydrogen) atoms. The van der Waals surface area contributed by atoms with Crippen LogP contribution in [-0.4, -0.2) is 71.1 Å². The molecule has 9 heteroatoms. The van der Waals surface area contributed by atoms with E-state index in [0.717, 1.165) is 11.3 Å². The topological polar surface area (TPSA) is 101 Å². The number of methoxy groups -OCH3 is 1. The van der Waals surface area contributed by atoms with Gasteiger partial charge in [0.15, 0.2) is 0 Å². The second-order valence-electron chi connectivity index (χ2n) is 9.88. The number of likely N-dealkylation sites (tertiary alicyclic amines) is 1. The van der Waals surface area contributed by atoms with E-state index < -0.39 is 11.8 Å². The van der Waals surface area contributed by atoms with Crippen molar-refractivity contribution in [1.82, 2.24) is 20.1 Å². The highest BCUT2D eigenvalue weighted by atomic mass is 16.5. The van der Waals surface area contributed by atoms with Crippen molar-refractivity contribution >= 4 is 17.7 Å². The molecular weight excluding hydrogens is 496 g/mol. The minimum atomic E-state index is -0.993. The van der Waals surface area contributed by atoms with Crippen LogP contribution < -0.4 is 10.1 Å². The quantitative estimate of drug-likeness (QED) is 0.528. The molecular formula is C30H32N4O5. The van der Waals surface area contributed by atoms with E-state index in [2.05, 4.69) is 10.3 Å². The van der Waals surface area contributed by atoms with Gasteiger partial charge in [-0.25, -0.2) is 0 Å². The molecule has 9 nitrogen and oxygen atoms in total. The second kappa shape index (κ2) is 11.2. The van der Waals surface area contributed by atoms with E-state index >= 15 is 0 Å². The zero-order valence-electron chi connectivity index (χ0n) is 22.1. The molecule has 5 rings (SSSR count). The fraction of sp³-hybridized carbons (Fsp3) is 0.333. The number of aromatic nitrogens is 1. The van der Waals surface area contributed by atoms with Gasteiger partial charge in [-0.2, -0.15) is 0 Å². The fourth-order valence-corrected chi connectivity index (χ4v) is 5.26. The summed E-state index contributed by atoms with van der Waals surface area (Å²) in [6.07, 6.45) is 2.47. The summed E-state index contributed by atoms with van der Waals surface area (Å²) in [4.78, 5) is 48.1. The molecule has 3 heterocycles. The number of hydrogen-bond acceptors (Lipinski definition) is 6. The van der Waals surface area contributed by atoms with Gasteiger partial charge in [0.1, 0.15) is 17.5 Å². The molecule has 0 saturated carbocycles. The first kappa shape index (κ1) is 26.4. The Kier molecular flexibility index (Phi) is 7.60. The van der Waals surface area contributed by atoms with Crippen molar-refractivity contribution in [1.29, 1.82) is 0 Å². The monoisotopic (exact) mass is 528 g/mol. The number of rotatable bonds is 6. The Bertz CT molecular complexity index is 1340. The van der Waals surface area contributed by atoms with Gasteiger partial charge in [-0.05, 0) is 55.5 Å². The third kappa shape index (κ3) is 5.49. The number of pyridine rings is 1. The Balaban J connectivity index is 1.36. The first-order valence-corrected chi connectivity index (χ1v) is 13.1. The molecule has 2 aliphatic rings. The third-order valence-corrected chi connectivity index (χ3v) is 7.39. The molecule has 3 aromatic rings. The summed E-state index contributed by atoms with van der Waals surface area (Å²) in [7, 11) is 1.56. The standard InChI is InChI=1S/C30H32N4O5/c1-21-6-5-7-23(18-21)28(36)33-16-13-30(14-17-33)34(29(37)22-9-11-25(38-2)12-10-22)26(20-39-30)27(35)32-19-24-8-3-4-15-31-24/h3-12,15,18,26H,13-14,16-17,19-20H2,1-2H3,(H,32,35)/t26-/m1/s1. The summed E-state index contributed by atoms with van der Waals surface area (Å²) in [5.41, 5.74) is 1.81. The molecule has 3 amide bonds. The van der Waals surface area contributed by atoms with E-state index in [4.69, 9.17) is 9.47 Å². The molecule has 1 atom stereocenters. The Morgan fingerprint density at radius 1 is 1.00 bits per heavy atom. The highest BCUT2D eigenvalue weighted by Crippen LogP contribution is 2.39.